The van der Waals surface area contributed by atoms with Crippen LogP contribution in [0.1, 0.15) is 16.1 Å². The molecule has 114 valence electrons. The molecule has 0 radical (unpaired) electrons. The highest BCUT2D eigenvalue weighted by atomic mass is 16.6. The molecule has 0 amide bonds. The second-order valence-electron chi connectivity index (χ2n) is 4.31. The zero-order valence-electron chi connectivity index (χ0n) is 11.7. The molecule has 2 rings (SSSR count). The first kappa shape index (κ1) is 15.7. The van der Waals surface area contributed by atoms with E-state index in [-0.39, 0.29) is 5.56 Å². The first-order valence-electron chi connectivity index (χ1n) is 6.36. The summed E-state index contributed by atoms with van der Waals surface area (Å²) in [5, 5.41) is 17.4. The topological polar surface area (TPSA) is 109 Å². The summed E-state index contributed by atoms with van der Waals surface area (Å²) in [4.78, 5) is 33.5. The number of carbonyl (C=O) groups excluding carboxylic acids is 2. The molecule has 0 aliphatic rings. The summed E-state index contributed by atoms with van der Waals surface area (Å²) in [5.41, 5.74) is 1.03. The lowest BCUT2D eigenvalue weighted by Crippen LogP contribution is -2.11. The van der Waals surface area contributed by atoms with Crippen molar-refractivity contribution in [1.82, 2.24) is 4.57 Å². The monoisotopic (exact) mass is 310 g/mol. The lowest BCUT2D eigenvalue weighted by Gasteiger charge is -2.06. The maximum atomic E-state index is 11.9. The predicted molar refractivity (Wildman–Crippen MR) is 77.7 cm³/mol. The van der Waals surface area contributed by atoms with Gasteiger partial charge in [-0.25, -0.2) is 14.4 Å². The summed E-state index contributed by atoms with van der Waals surface area (Å²) in [5.74, 6) is -3.33. The number of esters is 2. The first-order chi connectivity index (χ1) is 11.0. The average molecular weight is 310 g/mol. The third-order valence-corrected chi connectivity index (χ3v) is 2.78. The van der Waals surface area contributed by atoms with Gasteiger partial charge in [0.1, 0.15) is 11.8 Å². The maximum Gasteiger partial charge on any atom is 0.346 e. The predicted octanol–water partition coefficient (Wildman–Crippen LogP) is 1.67. The van der Waals surface area contributed by atoms with Crippen molar-refractivity contribution in [2.45, 2.75) is 0 Å². The van der Waals surface area contributed by atoms with Crippen LogP contribution in [0.5, 0.6) is 0 Å². The van der Waals surface area contributed by atoms with Gasteiger partial charge in [-0.1, -0.05) is 6.07 Å². The Bertz CT molecular complexity index is 842. The van der Waals surface area contributed by atoms with E-state index in [1.54, 1.807) is 35.0 Å². The maximum absolute atomic E-state index is 11.9. The number of hydrogen-bond acceptors (Lipinski definition) is 5. The molecule has 7 nitrogen and oxygen atoms in total. The fraction of sp³-hybridized carbons (Fsp3) is 0. The van der Waals surface area contributed by atoms with Gasteiger partial charge in [-0.15, -0.1) is 0 Å². The Balaban J connectivity index is 2.20. The second-order valence-corrected chi connectivity index (χ2v) is 4.31. The van der Waals surface area contributed by atoms with E-state index in [2.05, 4.69) is 4.74 Å². The molecule has 1 N–H and O–H groups in total. The van der Waals surface area contributed by atoms with Gasteiger partial charge in [0.05, 0.1) is 5.56 Å². The molecule has 1 heterocycles. The Labute approximate surface area is 130 Å². The van der Waals surface area contributed by atoms with Gasteiger partial charge in [-0.3, -0.25) is 0 Å². The Kier molecular flexibility index (Phi) is 4.69. The van der Waals surface area contributed by atoms with Gasteiger partial charge in [0.15, 0.2) is 0 Å². The number of carboxylic acids is 1. The van der Waals surface area contributed by atoms with Crippen LogP contribution >= 0.6 is 0 Å². The minimum atomic E-state index is -1.33. The molecule has 1 aromatic carbocycles. The number of rotatable bonds is 4. The number of carboxylic acid groups (broad SMARTS) is 1. The van der Waals surface area contributed by atoms with Gasteiger partial charge in [-0.2, -0.15) is 5.26 Å². The van der Waals surface area contributed by atoms with Crippen molar-refractivity contribution in [3.8, 4) is 11.8 Å². The number of ether oxygens (including phenoxy) is 1. The Morgan fingerprint density at radius 2 is 1.96 bits per heavy atom. The largest absolute Gasteiger partial charge is 0.478 e. The first-order valence-corrected chi connectivity index (χ1v) is 6.36. The van der Waals surface area contributed by atoms with Crippen molar-refractivity contribution in [1.29, 1.82) is 5.26 Å². The lowest BCUT2D eigenvalue weighted by atomic mass is 10.2. The Hall–Kier alpha value is -3.66. The highest BCUT2D eigenvalue weighted by Gasteiger charge is 2.13. The van der Waals surface area contributed by atoms with Crippen LogP contribution in [-0.4, -0.2) is 27.6 Å². The van der Waals surface area contributed by atoms with Gasteiger partial charge in [0.25, 0.3) is 0 Å². The number of benzene rings is 1. The standard InChI is InChI=1S/C16H10N2O5/c17-10-13-5-2-8-18(13)12-4-1-3-11(9-12)16(22)23-15(21)7-6-14(19)20/h1-9H,(H,19,20)/b7-6+. The Morgan fingerprint density at radius 1 is 1.17 bits per heavy atom. The van der Waals surface area contributed by atoms with Crippen molar-refractivity contribution in [3.05, 3.63) is 66.0 Å². The molecule has 0 atom stereocenters. The zero-order valence-corrected chi connectivity index (χ0v) is 11.7. The van der Waals surface area contributed by atoms with Crippen molar-refractivity contribution >= 4 is 17.9 Å². The molecule has 0 unspecified atom stereocenters. The molecule has 1 aromatic heterocycles. The van der Waals surface area contributed by atoms with E-state index in [9.17, 15) is 14.4 Å². The van der Waals surface area contributed by atoms with Crippen LogP contribution in [0.15, 0.2) is 54.7 Å². The van der Waals surface area contributed by atoms with Crippen LogP contribution < -0.4 is 0 Å². The normalized spacial score (nSPS) is 10.2. The number of hydrogen-bond donors (Lipinski definition) is 1. The van der Waals surface area contributed by atoms with Crippen LogP contribution in [-0.2, 0) is 14.3 Å². The van der Waals surface area contributed by atoms with Crippen LogP contribution in [0.4, 0.5) is 0 Å². The minimum absolute atomic E-state index is 0.0946. The molecule has 7 heteroatoms. The van der Waals surface area contributed by atoms with Crippen LogP contribution in [0.3, 0.4) is 0 Å². The smallest absolute Gasteiger partial charge is 0.346 e. The molecular formula is C16H10N2O5. The highest BCUT2D eigenvalue weighted by molar-refractivity contribution is 6.01. The fourth-order valence-electron chi connectivity index (χ4n) is 1.80. The van der Waals surface area contributed by atoms with E-state index in [0.717, 1.165) is 0 Å². The molecular weight excluding hydrogens is 300 g/mol. The zero-order chi connectivity index (χ0) is 16.8. The van der Waals surface area contributed by atoms with E-state index >= 15 is 0 Å². The van der Waals surface area contributed by atoms with E-state index < -0.39 is 17.9 Å². The van der Waals surface area contributed by atoms with Crippen molar-refractivity contribution in [3.63, 3.8) is 0 Å². The molecule has 0 fully saturated rings. The number of nitriles is 1. The van der Waals surface area contributed by atoms with Crippen molar-refractivity contribution in [2.75, 3.05) is 0 Å². The summed E-state index contributed by atoms with van der Waals surface area (Å²) in [6, 6.07) is 11.5. The van der Waals surface area contributed by atoms with E-state index in [4.69, 9.17) is 10.4 Å². The number of aromatic nitrogens is 1. The van der Waals surface area contributed by atoms with Gasteiger partial charge in [0.2, 0.25) is 0 Å². The molecule has 0 aliphatic heterocycles. The third kappa shape index (κ3) is 3.92. The SMILES string of the molecule is N#Cc1cccn1-c1cccc(C(=O)OC(=O)/C=C/C(=O)O)c1. The minimum Gasteiger partial charge on any atom is -0.478 e. The average Bonchev–Trinajstić information content (AvgIpc) is 3.01. The van der Waals surface area contributed by atoms with E-state index in [1.807, 2.05) is 6.07 Å². The molecule has 0 saturated carbocycles. The molecule has 23 heavy (non-hydrogen) atoms. The number of carbonyl (C=O) groups is 3. The third-order valence-electron chi connectivity index (χ3n) is 2.78. The van der Waals surface area contributed by atoms with Crippen molar-refractivity contribution in [2.24, 2.45) is 0 Å². The number of aliphatic carboxylic acids is 1. The molecule has 0 saturated heterocycles. The summed E-state index contributed by atoms with van der Waals surface area (Å²) in [6.07, 6.45) is 2.87. The number of nitrogens with zero attached hydrogens (tertiary/aromatic N) is 2. The quantitative estimate of drug-likeness (QED) is 0.522. The van der Waals surface area contributed by atoms with Crippen molar-refractivity contribution < 1.29 is 24.2 Å². The van der Waals surface area contributed by atoms with E-state index in [1.165, 1.54) is 12.1 Å². The van der Waals surface area contributed by atoms with Crippen LogP contribution in [0.2, 0.25) is 0 Å². The summed E-state index contributed by atoms with van der Waals surface area (Å²) in [6.45, 7) is 0. The Morgan fingerprint density at radius 3 is 2.65 bits per heavy atom. The summed E-state index contributed by atoms with van der Waals surface area (Å²) in [7, 11) is 0. The van der Waals surface area contributed by atoms with E-state index in [0.29, 0.717) is 23.5 Å². The molecule has 2 aromatic rings. The van der Waals surface area contributed by atoms with Gasteiger partial charge in [-0.05, 0) is 30.3 Å². The van der Waals surface area contributed by atoms with Gasteiger partial charge >= 0.3 is 17.9 Å². The molecule has 0 bridgehead atoms. The summed E-state index contributed by atoms with van der Waals surface area (Å²) >= 11 is 0. The lowest BCUT2D eigenvalue weighted by molar-refractivity contribution is -0.134. The van der Waals surface area contributed by atoms with Gasteiger partial charge in [0, 0.05) is 24.0 Å². The second kappa shape index (κ2) is 6.87. The molecule has 0 aliphatic carbocycles. The summed E-state index contributed by atoms with van der Waals surface area (Å²) < 4.78 is 6.09. The van der Waals surface area contributed by atoms with Gasteiger partial charge < -0.3 is 14.4 Å². The fourth-order valence-corrected chi connectivity index (χ4v) is 1.80. The molecule has 0 spiro atoms. The highest BCUT2D eigenvalue weighted by Crippen LogP contribution is 2.15. The van der Waals surface area contributed by atoms with Crippen LogP contribution in [0.25, 0.3) is 5.69 Å². The van der Waals surface area contributed by atoms with Crippen LogP contribution in [0, 0.1) is 11.3 Å².